The quantitative estimate of drug-likeness (QED) is 0.169. The Morgan fingerprint density at radius 1 is 0.516 bits per heavy atom. The summed E-state index contributed by atoms with van der Waals surface area (Å²) in [6.07, 6.45) is -7.21. The van der Waals surface area contributed by atoms with Crippen molar-refractivity contribution >= 4 is 0 Å². The standard InChI is InChI=1S/2C10H19F3N2.Cu/c2*1-4-8(14-5-2)7-9(15-6-3)10(11,12)13;/h2*8-9H,4-7H2,1-3H3;/q2*-2;. The minimum Gasteiger partial charge on any atom is -0.660 e. The SMILES string of the molecule is CC[N-]C(CC)CC([N-]CC)C(F)(F)F.CC[N-]C(CC)CC([N-]CC)C(F)(F)F.[Cu]. The first-order valence-electron chi connectivity index (χ1n) is 10.7. The smallest absolute Gasteiger partial charge is 0.373 e. The van der Waals surface area contributed by atoms with Crippen LogP contribution in [0.25, 0.3) is 21.3 Å². The molecule has 0 aromatic carbocycles. The van der Waals surface area contributed by atoms with E-state index in [1.807, 2.05) is 27.7 Å². The molecule has 0 aromatic rings. The topological polar surface area (TPSA) is 56.4 Å². The number of hydrogen-bond donors (Lipinski definition) is 0. The molecule has 0 saturated carbocycles. The molecule has 4 unspecified atom stereocenters. The molecule has 0 rings (SSSR count). The van der Waals surface area contributed by atoms with Gasteiger partial charge < -0.3 is 21.3 Å². The number of rotatable bonds is 14. The van der Waals surface area contributed by atoms with Crippen LogP contribution < -0.4 is 0 Å². The monoisotopic (exact) mass is 511 g/mol. The largest absolute Gasteiger partial charge is 0.660 e. The molecule has 0 spiro atoms. The summed E-state index contributed by atoms with van der Waals surface area (Å²) >= 11 is 0. The Morgan fingerprint density at radius 3 is 0.935 bits per heavy atom. The van der Waals surface area contributed by atoms with E-state index in [1.54, 1.807) is 13.8 Å². The van der Waals surface area contributed by atoms with Gasteiger partial charge in [0.05, 0.1) is 0 Å². The van der Waals surface area contributed by atoms with E-state index in [0.717, 1.165) is 0 Å². The Morgan fingerprint density at radius 2 is 0.774 bits per heavy atom. The maximum absolute atomic E-state index is 12.5. The first-order chi connectivity index (χ1) is 13.9. The fraction of sp³-hybridized carbons (Fsp3) is 1.00. The third kappa shape index (κ3) is 18.1. The molecule has 4 atom stereocenters. The van der Waals surface area contributed by atoms with E-state index < -0.39 is 24.4 Å². The average Bonchev–Trinajstić information content (AvgIpc) is 2.65. The van der Waals surface area contributed by atoms with Crippen molar-refractivity contribution < 1.29 is 43.4 Å². The van der Waals surface area contributed by atoms with Gasteiger partial charge in [-0.15, -0.1) is 12.1 Å². The fourth-order valence-electron chi connectivity index (χ4n) is 2.84. The van der Waals surface area contributed by atoms with Gasteiger partial charge in [0.25, 0.3) is 0 Å². The zero-order valence-corrected chi connectivity index (χ0v) is 20.3. The fourth-order valence-corrected chi connectivity index (χ4v) is 2.84. The molecule has 4 nitrogen and oxygen atoms in total. The zero-order chi connectivity index (χ0) is 23.8. The second-order valence-corrected chi connectivity index (χ2v) is 6.71. The summed E-state index contributed by atoms with van der Waals surface area (Å²) in [4.78, 5) is 0. The van der Waals surface area contributed by atoms with Crippen molar-refractivity contribution in [3.05, 3.63) is 21.3 Å². The molecule has 195 valence electrons. The molecule has 0 aromatic heterocycles. The predicted molar refractivity (Wildman–Crippen MR) is 113 cm³/mol. The van der Waals surface area contributed by atoms with Crippen LogP contribution in [0.3, 0.4) is 0 Å². The van der Waals surface area contributed by atoms with Crippen molar-refractivity contribution in [1.82, 2.24) is 0 Å². The summed E-state index contributed by atoms with van der Waals surface area (Å²) in [7, 11) is 0. The van der Waals surface area contributed by atoms with Crippen LogP contribution in [0.2, 0.25) is 0 Å². The second-order valence-electron chi connectivity index (χ2n) is 6.71. The molecular formula is C20H38CuF6N4-4. The molecule has 0 aliphatic heterocycles. The normalized spacial score (nSPS) is 15.9. The molecule has 1 radical (unpaired) electrons. The van der Waals surface area contributed by atoms with Crippen molar-refractivity contribution in [2.45, 2.75) is 104 Å². The van der Waals surface area contributed by atoms with E-state index in [4.69, 9.17) is 0 Å². The van der Waals surface area contributed by atoms with Gasteiger partial charge in [-0.2, -0.15) is 52.5 Å². The number of hydrogen-bond acceptors (Lipinski definition) is 0. The first kappa shape index (κ1) is 35.5. The Bertz CT molecular complexity index is 361. The molecular weight excluding hydrogens is 474 g/mol. The molecule has 11 heteroatoms. The van der Waals surface area contributed by atoms with Gasteiger partial charge >= 0.3 is 12.4 Å². The summed E-state index contributed by atoms with van der Waals surface area (Å²) in [6.45, 7) is 12.1. The number of nitrogens with zero attached hydrogens (tertiary/aromatic N) is 4. The van der Waals surface area contributed by atoms with E-state index in [1.165, 1.54) is 0 Å². The summed E-state index contributed by atoms with van der Waals surface area (Å²) < 4.78 is 75.1. The predicted octanol–water partition coefficient (Wildman–Crippen LogP) is 7.74. The van der Waals surface area contributed by atoms with Crippen molar-refractivity contribution in [1.29, 1.82) is 0 Å². The molecule has 31 heavy (non-hydrogen) atoms. The Hall–Kier alpha value is -0.0605. The van der Waals surface area contributed by atoms with Crippen molar-refractivity contribution in [2.24, 2.45) is 0 Å². The third-order valence-corrected chi connectivity index (χ3v) is 4.38. The van der Waals surface area contributed by atoms with Gasteiger partial charge in [-0.05, 0) is 12.1 Å². The zero-order valence-electron chi connectivity index (χ0n) is 19.3. The second kappa shape index (κ2) is 19.4. The average molecular weight is 512 g/mol. The Balaban J connectivity index is -0.000000490. The Kier molecular flexibility index (Phi) is 22.2. The molecule has 0 saturated heterocycles. The van der Waals surface area contributed by atoms with E-state index in [0.29, 0.717) is 25.9 Å². The van der Waals surface area contributed by atoms with Crippen LogP contribution >= 0.6 is 0 Å². The van der Waals surface area contributed by atoms with Crippen molar-refractivity contribution in [3.63, 3.8) is 0 Å². The van der Waals surface area contributed by atoms with E-state index in [2.05, 4.69) is 21.3 Å². The molecule has 0 amide bonds. The van der Waals surface area contributed by atoms with Crippen LogP contribution in [0.15, 0.2) is 0 Å². The van der Waals surface area contributed by atoms with Crippen LogP contribution in [0.4, 0.5) is 26.3 Å². The summed E-state index contributed by atoms with van der Waals surface area (Å²) in [6, 6.07) is -3.56. The maximum atomic E-state index is 12.5. The van der Waals surface area contributed by atoms with E-state index in [-0.39, 0.29) is 55.1 Å². The molecule has 0 aliphatic rings. The maximum Gasteiger partial charge on any atom is 0.373 e. The van der Waals surface area contributed by atoms with Gasteiger partial charge in [-0.25, -0.2) is 0 Å². The molecule has 0 fully saturated rings. The molecule has 0 N–H and O–H groups in total. The summed E-state index contributed by atoms with van der Waals surface area (Å²) in [5, 5.41) is 15.4. The third-order valence-electron chi connectivity index (χ3n) is 4.38. The molecule has 0 bridgehead atoms. The minimum absolute atomic E-state index is 0. The summed E-state index contributed by atoms with van der Waals surface area (Å²) in [5.74, 6) is 0. The van der Waals surface area contributed by atoms with Gasteiger partial charge in [0.1, 0.15) is 0 Å². The van der Waals surface area contributed by atoms with E-state index >= 15 is 0 Å². The van der Waals surface area contributed by atoms with Gasteiger partial charge in [0.2, 0.25) is 0 Å². The van der Waals surface area contributed by atoms with Gasteiger partial charge in [-0.3, -0.25) is 0 Å². The van der Waals surface area contributed by atoms with Crippen molar-refractivity contribution in [3.8, 4) is 0 Å². The molecule has 0 heterocycles. The van der Waals surface area contributed by atoms with Crippen LogP contribution in [0.1, 0.15) is 67.2 Å². The number of alkyl halides is 6. The van der Waals surface area contributed by atoms with Crippen LogP contribution in [0, 0.1) is 0 Å². The number of halogens is 6. The van der Waals surface area contributed by atoms with Crippen LogP contribution in [0.5, 0.6) is 0 Å². The first-order valence-corrected chi connectivity index (χ1v) is 10.7. The van der Waals surface area contributed by atoms with Crippen LogP contribution in [-0.4, -0.2) is 62.7 Å². The van der Waals surface area contributed by atoms with Gasteiger partial charge in [0.15, 0.2) is 0 Å². The van der Waals surface area contributed by atoms with Crippen molar-refractivity contribution in [2.75, 3.05) is 26.2 Å². The Labute approximate surface area is 194 Å². The van der Waals surface area contributed by atoms with E-state index in [9.17, 15) is 26.3 Å². The van der Waals surface area contributed by atoms with Gasteiger partial charge in [-0.1, -0.05) is 67.2 Å². The minimum atomic E-state index is -4.23. The molecule has 0 aliphatic carbocycles. The summed E-state index contributed by atoms with van der Waals surface area (Å²) in [5.41, 5.74) is 0. The van der Waals surface area contributed by atoms with Gasteiger partial charge in [0, 0.05) is 17.1 Å². The van der Waals surface area contributed by atoms with Crippen LogP contribution in [-0.2, 0) is 17.1 Å².